The highest BCUT2D eigenvalue weighted by Gasteiger charge is 2.03. The topological polar surface area (TPSA) is 15.9 Å². The van der Waals surface area contributed by atoms with Gasteiger partial charge in [-0.3, -0.25) is 0 Å². The molecule has 0 saturated carbocycles. The zero-order valence-corrected chi connectivity index (χ0v) is 10.4. The maximum absolute atomic E-state index is 3.13. The Morgan fingerprint density at radius 1 is 1.21 bits per heavy atom. The summed E-state index contributed by atoms with van der Waals surface area (Å²) in [7, 11) is 3.99. The van der Waals surface area contributed by atoms with Crippen LogP contribution in [0.25, 0.3) is 10.9 Å². The first kappa shape index (κ1) is 11.2. The molecule has 1 aromatic heterocycles. The lowest BCUT2D eigenvalue weighted by molar-refractivity contribution is -0.644. The molecule has 2 nitrogen and oxygen atoms in total. The number of rotatable bonds is 1. The van der Waals surface area contributed by atoms with Gasteiger partial charge in [0.25, 0.3) is 0 Å². The van der Waals surface area contributed by atoms with Crippen molar-refractivity contribution in [2.45, 2.75) is 0 Å². The molecule has 0 aliphatic heterocycles. The molecule has 1 aromatic carbocycles. The molecule has 0 aliphatic carbocycles. The zero-order valence-electron chi connectivity index (χ0n) is 8.29. The molecule has 0 fully saturated rings. The average molecular weight is 300 g/mol. The second kappa shape index (κ2) is 4.59. The molecule has 1 N–H and O–H groups in total. The number of aryl methyl sites for hydroxylation is 1. The molecule has 0 bridgehead atoms. The highest BCUT2D eigenvalue weighted by molar-refractivity contribution is 5.79. The predicted octanol–water partition coefficient (Wildman–Crippen LogP) is -1.29. The van der Waals surface area contributed by atoms with Crippen molar-refractivity contribution in [3.05, 3.63) is 36.5 Å². The molecule has 74 valence electrons. The van der Waals surface area contributed by atoms with Crippen molar-refractivity contribution in [3.8, 4) is 0 Å². The average Bonchev–Trinajstić information content (AvgIpc) is 2.18. The molecular formula is C11H13IN2. The van der Waals surface area contributed by atoms with Gasteiger partial charge in [0, 0.05) is 30.3 Å². The highest BCUT2D eigenvalue weighted by atomic mass is 127. The summed E-state index contributed by atoms with van der Waals surface area (Å²) in [4.78, 5) is 0. The van der Waals surface area contributed by atoms with Crippen LogP contribution >= 0.6 is 0 Å². The molecule has 0 aliphatic rings. The molecule has 0 amide bonds. The van der Waals surface area contributed by atoms with E-state index >= 15 is 0 Å². The Morgan fingerprint density at radius 3 is 2.71 bits per heavy atom. The smallest absolute Gasteiger partial charge is 0.214 e. The minimum atomic E-state index is 0. The third-order valence-corrected chi connectivity index (χ3v) is 2.28. The number of nitrogens with one attached hydrogen (secondary N) is 1. The number of nitrogens with zero attached hydrogens (tertiary/aromatic N) is 1. The van der Waals surface area contributed by atoms with Crippen LogP contribution in [0, 0.1) is 0 Å². The van der Waals surface area contributed by atoms with E-state index in [9.17, 15) is 0 Å². The van der Waals surface area contributed by atoms with Gasteiger partial charge in [-0.05, 0) is 18.2 Å². The predicted molar refractivity (Wildman–Crippen MR) is 54.7 cm³/mol. The molecule has 2 aromatic rings. The molecule has 0 unspecified atom stereocenters. The van der Waals surface area contributed by atoms with Crippen molar-refractivity contribution in [2.24, 2.45) is 7.05 Å². The summed E-state index contributed by atoms with van der Waals surface area (Å²) in [6.07, 6.45) is 2.06. The van der Waals surface area contributed by atoms with E-state index in [1.54, 1.807) is 0 Å². The van der Waals surface area contributed by atoms with Gasteiger partial charge in [0.2, 0.25) is 5.52 Å². The monoisotopic (exact) mass is 300 g/mol. The third kappa shape index (κ3) is 1.97. The van der Waals surface area contributed by atoms with Crippen molar-refractivity contribution in [1.29, 1.82) is 0 Å². The van der Waals surface area contributed by atoms with Gasteiger partial charge in [-0.25, -0.2) is 4.57 Å². The normalized spacial score (nSPS) is 9.57. The number of benzene rings is 1. The molecule has 0 radical (unpaired) electrons. The van der Waals surface area contributed by atoms with E-state index in [0.29, 0.717) is 0 Å². The van der Waals surface area contributed by atoms with Crippen molar-refractivity contribution >= 4 is 16.6 Å². The van der Waals surface area contributed by atoms with Gasteiger partial charge in [-0.1, -0.05) is 0 Å². The van der Waals surface area contributed by atoms with E-state index in [1.165, 1.54) is 10.9 Å². The Kier molecular flexibility index (Phi) is 3.69. The Balaban J connectivity index is 0.000000980. The summed E-state index contributed by atoms with van der Waals surface area (Å²) >= 11 is 0. The Bertz CT molecular complexity index is 440. The van der Waals surface area contributed by atoms with Crippen LogP contribution in [0.3, 0.4) is 0 Å². The quantitative estimate of drug-likeness (QED) is 0.512. The maximum atomic E-state index is 3.13. The fourth-order valence-electron chi connectivity index (χ4n) is 1.50. The number of fused-ring (bicyclic) bond motifs is 1. The fourth-order valence-corrected chi connectivity index (χ4v) is 1.50. The molecule has 2 rings (SSSR count). The molecule has 3 heteroatoms. The van der Waals surface area contributed by atoms with Crippen LogP contribution < -0.4 is 33.9 Å². The first-order valence-corrected chi connectivity index (χ1v) is 4.37. The van der Waals surface area contributed by atoms with E-state index in [1.807, 2.05) is 7.05 Å². The van der Waals surface area contributed by atoms with Crippen molar-refractivity contribution in [2.75, 3.05) is 12.4 Å². The number of anilines is 1. The van der Waals surface area contributed by atoms with E-state index in [-0.39, 0.29) is 24.0 Å². The fraction of sp³-hybridized carbons (Fsp3) is 0.182. The lowest BCUT2D eigenvalue weighted by atomic mass is 10.2. The minimum absolute atomic E-state index is 0. The third-order valence-electron chi connectivity index (χ3n) is 2.28. The van der Waals surface area contributed by atoms with E-state index in [0.717, 1.165) is 5.69 Å². The lowest BCUT2D eigenvalue weighted by Crippen LogP contribution is -3.00. The summed E-state index contributed by atoms with van der Waals surface area (Å²) in [6.45, 7) is 0. The highest BCUT2D eigenvalue weighted by Crippen LogP contribution is 2.14. The van der Waals surface area contributed by atoms with Crippen molar-refractivity contribution in [3.63, 3.8) is 0 Å². The summed E-state index contributed by atoms with van der Waals surface area (Å²) in [5.41, 5.74) is 2.39. The van der Waals surface area contributed by atoms with Gasteiger partial charge in [-0.15, -0.1) is 0 Å². The summed E-state index contributed by atoms with van der Waals surface area (Å²) < 4.78 is 2.12. The van der Waals surface area contributed by atoms with Gasteiger partial charge < -0.3 is 29.3 Å². The van der Waals surface area contributed by atoms with E-state index in [4.69, 9.17) is 0 Å². The standard InChI is InChI=1S/C11H12N2.HI/c1-12-10-6-5-9-4-3-7-13(2)11(9)8-10;/h3-8H,1-2H3;1H. The summed E-state index contributed by atoms with van der Waals surface area (Å²) in [5, 5.41) is 4.40. The van der Waals surface area contributed by atoms with Crippen LogP contribution in [-0.2, 0) is 7.05 Å². The van der Waals surface area contributed by atoms with Crippen LogP contribution in [0.5, 0.6) is 0 Å². The van der Waals surface area contributed by atoms with Gasteiger partial charge in [-0.2, -0.15) is 0 Å². The SMILES string of the molecule is CNc1ccc2ccc[n+](C)c2c1.[I-]. The van der Waals surface area contributed by atoms with Crippen LogP contribution in [0.15, 0.2) is 36.5 Å². The zero-order chi connectivity index (χ0) is 9.26. The first-order valence-electron chi connectivity index (χ1n) is 4.37. The largest absolute Gasteiger partial charge is 1.00 e. The van der Waals surface area contributed by atoms with Gasteiger partial charge in [0.15, 0.2) is 6.20 Å². The maximum Gasteiger partial charge on any atom is 0.214 e. The van der Waals surface area contributed by atoms with Crippen molar-refractivity contribution in [1.82, 2.24) is 0 Å². The number of halogens is 1. The van der Waals surface area contributed by atoms with E-state index < -0.39 is 0 Å². The second-order valence-corrected chi connectivity index (χ2v) is 3.14. The number of hydrogen-bond donors (Lipinski definition) is 1. The molecule has 0 saturated heterocycles. The number of hydrogen-bond acceptors (Lipinski definition) is 1. The first-order chi connectivity index (χ1) is 6.31. The lowest BCUT2D eigenvalue weighted by Gasteiger charge is -2.00. The van der Waals surface area contributed by atoms with Gasteiger partial charge in [0.05, 0.1) is 0 Å². The molecular weight excluding hydrogens is 287 g/mol. The minimum Gasteiger partial charge on any atom is -1.00 e. The van der Waals surface area contributed by atoms with Crippen LogP contribution in [0.2, 0.25) is 0 Å². The molecule has 0 spiro atoms. The number of pyridine rings is 1. The van der Waals surface area contributed by atoms with Gasteiger partial charge in [0.1, 0.15) is 7.05 Å². The molecule has 0 atom stereocenters. The number of aromatic nitrogens is 1. The molecule has 1 heterocycles. The summed E-state index contributed by atoms with van der Waals surface area (Å²) in [5.74, 6) is 0. The Hall–Kier alpha value is -0.840. The van der Waals surface area contributed by atoms with Crippen LogP contribution in [-0.4, -0.2) is 7.05 Å². The van der Waals surface area contributed by atoms with Crippen LogP contribution in [0.4, 0.5) is 5.69 Å². The van der Waals surface area contributed by atoms with Crippen molar-refractivity contribution < 1.29 is 28.5 Å². The van der Waals surface area contributed by atoms with E-state index in [2.05, 4.69) is 53.5 Å². The second-order valence-electron chi connectivity index (χ2n) is 3.14. The Morgan fingerprint density at radius 2 is 2.00 bits per heavy atom. The van der Waals surface area contributed by atoms with Gasteiger partial charge >= 0.3 is 0 Å². The van der Waals surface area contributed by atoms with Crippen LogP contribution in [0.1, 0.15) is 0 Å². The summed E-state index contributed by atoms with van der Waals surface area (Å²) in [6, 6.07) is 10.5. The Labute approximate surface area is 101 Å². The molecule has 14 heavy (non-hydrogen) atoms.